The van der Waals surface area contributed by atoms with Crippen molar-refractivity contribution in [3.05, 3.63) is 53.6 Å². The van der Waals surface area contributed by atoms with Gasteiger partial charge >= 0.3 is 0 Å². The Morgan fingerprint density at radius 1 is 1.00 bits per heavy atom. The summed E-state index contributed by atoms with van der Waals surface area (Å²) in [7, 11) is 3.25. The van der Waals surface area contributed by atoms with Crippen molar-refractivity contribution in [1.82, 2.24) is 0 Å². The van der Waals surface area contributed by atoms with Crippen LogP contribution in [0, 0.1) is 18.3 Å². The number of halogens is 1. The standard InChI is InChI=1S/C22H26INO2S/c1-17-7-10-19(11-8-17)27-22(16-24,13-5-4-6-14-23)18-9-12-20(25-2)21(15-18)26-3/h7-12,15H,4-6,13-14H2,1-3H3. The summed E-state index contributed by atoms with van der Waals surface area (Å²) in [4.78, 5) is 1.10. The molecule has 0 aliphatic heterocycles. The summed E-state index contributed by atoms with van der Waals surface area (Å²) in [5.41, 5.74) is 2.18. The molecule has 0 amide bonds. The Morgan fingerprint density at radius 2 is 1.70 bits per heavy atom. The number of rotatable bonds is 10. The minimum atomic E-state index is -0.653. The Balaban J connectivity index is 2.40. The average Bonchev–Trinajstić information content (AvgIpc) is 2.71. The van der Waals surface area contributed by atoms with Crippen molar-refractivity contribution in [2.24, 2.45) is 0 Å². The molecule has 3 nitrogen and oxygen atoms in total. The fraction of sp³-hybridized carbons (Fsp3) is 0.409. The molecule has 0 fully saturated rings. The molecule has 2 rings (SSSR count). The molecule has 144 valence electrons. The molecule has 0 saturated carbocycles. The van der Waals surface area contributed by atoms with Crippen LogP contribution in [0.1, 0.15) is 36.8 Å². The number of methoxy groups -OCH3 is 2. The highest BCUT2D eigenvalue weighted by atomic mass is 127. The largest absolute Gasteiger partial charge is 0.493 e. The predicted molar refractivity (Wildman–Crippen MR) is 121 cm³/mol. The number of nitrogens with zero attached hydrogens (tertiary/aromatic N) is 1. The van der Waals surface area contributed by atoms with Crippen LogP contribution in [0.15, 0.2) is 47.4 Å². The lowest BCUT2D eigenvalue weighted by Crippen LogP contribution is -2.20. The van der Waals surface area contributed by atoms with Gasteiger partial charge in [-0.05, 0) is 54.0 Å². The highest BCUT2D eigenvalue weighted by Crippen LogP contribution is 2.47. The maximum Gasteiger partial charge on any atom is 0.161 e. The molecule has 0 N–H and O–H groups in total. The summed E-state index contributed by atoms with van der Waals surface area (Å²) < 4.78 is 11.3. The van der Waals surface area contributed by atoms with Crippen molar-refractivity contribution < 1.29 is 9.47 Å². The van der Waals surface area contributed by atoms with E-state index in [1.54, 1.807) is 26.0 Å². The van der Waals surface area contributed by atoms with Crippen LogP contribution in [0.5, 0.6) is 11.5 Å². The van der Waals surface area contributed by atoms with E-state index in [9.17, 15) is 5.26 Å². The molecule has 0 saturated heterocycles. The molecule has 0 aromatic heterocycles. The first kappa shape index (κ1) is 21.9. The number of benzene rings is 2. The second kappa shape index (κ2) is 10.8. The molecule has 27 heavy (non-hydrogen) atoms. The number of nitriles is 1. The van der Waals surface area contributed by atoms with Crippen molar-refractivity contribution in [2.75, 3.05) is 18.6 Å². The zero-order valence-corrected chi connectivity index (χ0v) is 19.1. The van der Waals surface area contributed by atoms with Gasteiger partial charge in [-0.3, -0.25) is 0 Å². The van der Waals surface area contributed by atoms with Gasteiger partial charge in [0.05, 0.1) is 20.3 Å². The molecule has 0 heterocycles. The van der Waals surface area contributed by atoms with E-state index in [4.69, 9.17) is 9.47 Å². The van der Waals surface area contributed by atoms with Crippen LogP contribution >= 0.6 is 34.4 Å². The molecule has 2 aromatic carbocycles. The third kappa shape index (κ3) is 5.79. The second-order valence-corrected chi connectivity index (χ2v) is 8.87. The quantitative estimate of drug-likeness (QED) is 0.163. The summed E-state index contributed by atoms with van der Waals surface area (Å²) in [6.07, 6.45) is 4.13. The first-order chi connectivity index (χ1) is 13.1. The molecule has 0 radical (unpaired) electrons. The van der Waals surface area contributed by atoms with Gasteiger partial charge in [0.15, 0.2) is 11.5 Å². The fourth-order valence-electron chi connectivity index (χ4n) is 2.94. The Hall–Kier alpha value is -1.39. The summed E-state index contributed by atoms with van der Waals surface area (Å²) in [6, 6.07) is 16.8. The molecular weight excluding hydrogens is 469 g/mol. The Labute approximate surface area is 180 Å². The smallest absolute Gasteiger partial charge is 0.161 e. The third-order valence-electron chi connectivity index (χ3n) is 4.51. The van der Waals surface area contributed by atoms with Crippen molar-refractivity contribution in [3.63, 3.8) is 0 Å². The number of thioether (sulfide) groups is 1. The van der Waals surface area contributed by atoms with E-state index in [-0.39, 0.29) is 0 Å². The summed E-state index contributed by atoms with van der Waals surface area (Å²) >= 11 is 4.04. The maximum atomic E-state index is 10.2. The van der Waals surface area contributed by atoms with Gasteiger partial charge in [0.2, 0.25) is 0 Å². The topological polar surface area (TPSA) is 42.2 Å². The van der Waals surface area contributed by atoms with Crippen molar-refractivity contribution in [2.45, 2.75) is 42.2 Å². The van der Waals surface area contributed by atoms with E-state index in [0.717, 1.165) is 34.1 Å². The third-order valence-corrected chi connectivity index (χ3v) is 6.66. The Morgan fingerprint density at radius 3 is 2.30 bits per heavy atom. The van der Waals surface area contributed by atoms with E-state index in [2.05, 4.69) is 59.8 Å². The lowest BCUT2D eigenvalue weighted by atomic mass is 9.93. The van der Waals surface area contributed by atoms with E-state index in [0.29, 0.717) is 11.5 Å². The van der Waals surface area contributed by atoms with Gasteiger partial charge in [-0.2, -0.15) is 5.26 Å². The summed E-state index contributed by atoms with van der Waals surface area (Å²) in [5, 5.41) is 10.2. The van der Waals surface area contributed by atoms with Crippen LogP contribution in [0.3, 0.4) is 0 Å². The number of unbranched alkanes of at least 4 members (excludes halogenated alkanes) is 2. The molecule has 0 aliphatic rings. The Bertz CT molecular complexity index is 773. The van der Waals surface area contributed by atoms with Gasteiger partial charge in [-0.15, -0.1) is 0 Å². The fourth-order valence-corrected chi connectivity index (χ4v) is 4.69. The lowest BCUT2D eigenvalue weighted by Gasteiger charge is -2.27. The average molecular weight is 495 g/mol. The van der Waals surface area contributed by atoms with E-state index < -0.39 is 4.75 Å². The molecule has 1 atom stereocenters. The zero-order chi connectivity index (χ0) is 19.7. The number of ether oxygens (including phenoxy) is 2. The minimum Gasteiger partial charge on any atom is -0.493 e. The SMILES string of the molecule is COc1ccc(C(C#N)(CCCCCI)Sc2ccc(C)cc2)cc1OC. The van der Waals surface area contributed by atoms with Gasteiger partial charge in [0, 0.05) is 4.90 Å². The second-order valence-electron chi connectivity index (χ2n) is 6.42. The molecule has 0 spiro atoms. The predicted octanol–water partition coefficient (Wildman–Crippen LogP) is 6.52. The van der Waals surface area contributed by atoms with E-state index >= 15 is 0 Å². The first-order valence-corrected chi connectivity index (χ1v) is 11.4. The highest BCUT2D eigenvalue weighted by Gasteiger charge is 2.34. The number of hydrogen-bond donors (Lipinski definition) is 0. The number of alkyl halides is 1. The van der Waals surface area contributed by atoms with Crippen LogP contribution in [0.2, 0.25) is 0 Å². The summed E-state index contributed by atoms with van der Waals surface area (Å²) in [5.74, 6) is 1.34. The molecular formula is C22H26INO2S. The van der Waals surface area contributed by atoms with Crippen molar-refractivity contribution >= 4 is 34.4 Å². The molecule has 5 heteroatoms. The maximum absolute atomic E-state index is 10.2. The van der Waals surface area contributed by atoms with E-state index in [1.165, 1.54) is 12.0 Å². The molecule has 0 aliphatic carbocycles. The normalized spacial score (nSPS) is 12.9. The van der Waals surface area contributed by atoms with Crippen LogP contribution in [0.25, 0.3) is 0 Å². The minimum absolute atomic E-state index is 0.653. The lowest BCUT2D eigenvalue weighted by molar-refractivity contribution is 0.354. The monoisotopic (exact) mass is 495 g/mol. The van der Waals surface area contributed by atoms with E-state index in [1.807, 2.05) is 18.2 Å². The highest BCUT2D eigenvalue weighted by molar-refractivity contribution is 14.1. The molecule has 1 unspecified atom stereocenters. The van der Waals surface area contributed by atoms with Gasteiger partial charge in [0.25, 0.3) is 0 Å². The summed E-state index contributed by atoms with van der Waals surface area (Å²) in [6.45, 7) is 2.07. The first-order valence-electron chi connectivity index (χ1n) is 9.04. The number of hydrogen-bond acceptors (Lipinski definition) is 4. The number of aryl methyl sites for hydroxylation is 1. The van der Waals surface area contributed by atoms with Gasteiger partial charge in [0.1, 0.15) is 4.75 Å². The molecule has 0 bridgehead atoms. The van der Waals surface area contributed by atoms with Crippen LogP contribution in [0.4, 0.5) is 0 Å². The van der Waals surface area contributed by atoms with Crippen LogP contribution in [-0.2, 0) is 4.75 Å². The van der Waals surface area contributed by atoms with Gasteiger partial charge in [-0.25, -0.2) is 0 Å². The van der Waals surface area contributed by atoms with Crippen molar-refractivity contribution in [3.8, 4) is 17.6 Å². The van der Waals surface area contributed by atoms with Crippen molar-refractivity contribution in [1.29, 1.82) is 5.26 Å². The van der Waals surface area contributed by atoms with Crippen LogP contribution < -0.4 is 9.47 Å². The van der Waals surface area contributed by atoms with Crippen LogP contribution in [-0.4, -0.2) is 18.6 Å². The zero-order valence-electron chi connectivity index (χ0n) is 16.1. The Kier molecular flexibility index (Phi) is 8.78. The molecule has 2 aromatic rings. The van der Waals surface area contributed by atoms with Gasteiger partial charge < -0.3 is 9.47 Å². The van der Waals surface area contributed by atoms with Gasteiger partial charge in [-0.1, -0.05) is 71.0 Å².